The summed E-state index contributed by atoms with van der Waals surface area (Å²) in [5.74, 6) is -0.915. The molecule has 1 N–H and O–H groups in total. The van der Waals surface area contributed by atoms with Crippen molar-refractivity contribution in [3.8, 4) is 0 Å². The monoisotopic (exact) mass is 257 g/mol. The summed E-state index contributed by atoms with van der Waals surface area (Å²) in [6, 6.07) is 6.36. The lowest BCUT2D eigenvalue weighted by Crippen LogP contribution is -2.13. The van der Waals surface area contributed by atoms with Gasteiger partial charge in [0.1, 0.15) is 11.6 Å². The summed E-state index contributed by atoms with van der Waals surface area (Å²) < 4.78 is 38.8. The summed E-state index contributed by atoms with van der Waals surface area (Å²) in [5, 5.41) is 2.69. The Hall–Kier alpha value is -1.33. The first kappa shape index (κ1) is 12.1. The largest absolute Gasteiger partial charge is 0.308 e. The van der Waals surface area contributed by atoms with E-state index in [1.807, 2.05) is 0 Å². The SMILES string of the molecule is Fc1ccc(F)c(CNCc2ccc(F)s2)c1. The Kier molecular flexibility index (Phi) is 3.81. The summed E-state index contributed by atoms with van der Waals surface area (Å²) in [5.41, 5.74) is 0.266. The van der Waals surface area contributed by atoms with Crippen molar-refractivity contribution in [2.24, 2.45) is 0 Å². The Balaban J connectivity index is 1.91. The minimum absolute atomic E-state index is 0.211. The molecule has 0 unspecified atom stereocenters. The lowest BCUT2D eigenvalue weighted by Gasteiger charge is -2.04. The fourth-order valence-corrected chi connectivity index (χ4v) is 2.14. The summed E-state index contributed by atoms with van der Waals surface area (Å²) in [6.07, 6.45) is 0. The van der Waals surface area contributed by atoms with Crippen molar-refractivity contribution in [2.75, 3.05) is 0 Å². The topological polar surface area (TPSA) is 12.0 Å². The van der Waals surface area contributed by atoms with Gasteiger partial charge in [0.25, 0.3) is 0 Å². The van der Waals surface area contributed by atoms with E-state index in [0.717, 1.165) is 34.4 Å². The third kappa shape index (κ3) is 3.31. The van der Waals surface area contributed by atoms with Crippen molar-refractivity contribution in [3.05, 3.63) is 57.5 Å². The maximum absolute atomic E-state index is 13.2. The van der Waals surface area contributed by atoms with Crippen LogP contribution in [0.2, 0.25) is 0 Å². The molecule has 0 bridgehead atoms. The van der Waals surface area contributed by atoms with Gasteiger partial charge < -0.3 is 5.32 Å². The molecule has 0 aliphatic rings. The average molecular weight is 257 g/mol. The zero-order chi connectivity index (χ0) is 12.3. The molecular formula is C12H10F3NS. The van der Waals surface area contributed by atoms with Crippen molar-refractivity contribution in [3.63, 3.8) is 0 Å². The second-order valence-electron chi connectivity index (χ2n) is 3.55. The van der Waals surface area contributed by atoms with E-state index in [2.05, 4.69) is 5.32 Å². The van der Waals surface area contributed by atoms with Gasteiger partial charge in [-0.25, -0.2) is 8.78 Å². The highest BCUT2D eigenvalue weighted by Crippen LogP contribution is 2.14. The van der Waals surface area contributed by atoms with Crippen molar-refractivity contribution in [1.82, 2.24) is 5.32 Å². The highest BCUT2D eigenvalue weighted by molar-refractivity contribution is 7.10. The lowest BCUT2D eigenvalue weighted by atomic mass is 10.2. The van der Waals surface area contributed by atoms with Crippen LogP contribution in [0.3, 0.4) is 0 Å². The summed E-state index contributed by atoms with van der Waals surface area (Å²) >= 11 is 1.03. The number of halogens is 3. The number of thiophene rings is 1. The molecule has 1 aromatic heterocycles. The van der Waals surface area contributed by atoms with E-state index >= 15 is 0 Å². The first-order chi connectivity index (χ1) is 8.15. The smallest absolute Gasteiger partial charge is 0.176 e. The van der Waals surface area contributed by atoms with Crippen LogP contribution < -0.4 is 5.32 Å². The van der Waals surface area contributed by atoms with E-state index in [-0.39, 0.29) is 17.2 Å². The molecular weight excluding hydrogens is 247 g/mol. The van der Waals surface area contributed by atoms with Crippen LogP contribution in [0.1, 0.15) is 10.4 Å². The van der Waals surface area contributed by atoms with Crippen molar-refractivity contribution < 1.29 is 13.2 Å². The average Bonchev–Trinajstić information content (AvgIpc) is 2.69. The van der Waals surface area contributed by atoms with Gasteiger partial charge in [0.2, 0.25) is 0 Å². The van der Waals surface area contributed by atoms with Gasteiger partial charge in [-0.3, -0.25) is 0 Å². The van der Waals surface area contributed by atoms with Crippen molar-refractivity contribution >= 4 is 11.3 Å². The van der Waals surface area contributed by atoms with Crippen LogP contribution in [0.4, 0.5) is 13.2 Å². The molecule has 0 saturated heterocycles. The Bertz CT molecular complexity index is 510. The second-order valence-corrected chi connectivity index (χ2v) is 4.66. The first-order valence-corrected chi connectivity index (χ1v) is 5.85. The zero-order valence-electron chi connectivity index (χ0n) is 8.84. The minimum atomic E-state index is -0.467. The molecule has 0 radical (unpaired) electrons. The molecule has 2 rings (SSSR count). The molecule has 1 aromatic carbocycles. The maximum Gasteiger partial charge on any atom is 0.176 e. The molecule has 0 spiro atoms. The standard InChI is InChI=1S/C12H10F3NS/c13-9-1-3-11(14)8(5-9)6-16-7-10-2-4-12(15)17-10/h1-5,16H,6-7H2. The van der Waals surface area contributed by atoms with Gasteiger partial charge in [-0.15, -0.1) is 11.3 Å². The van der Waals surface area contributed by atoms with Gasteiger partial charge in [-0.2, -0.15) is 4.39 Å². The van der Waals surface area contributed by atoms with Crippen LogP contribution in [-0.4, -0.2) is 0 Å². The Labute approximate surface area is 101 Å². The summed E-state index contributed by atoms with van der Waals surface area (Å²) in [6.45, 7) is 0.646. The van der Waals surface area contributed by atoms with Crippen molar-refractivity contribution in [1.29, 1.82) is 0 Å². The van der Waals surface area contributed by atoms with Gasteiger partial charge >= 0.3 is 0 Å². The Morgan fingerprint density at radius 2 is 1.82 bits per heavy atom. The van der Waals surface area contributed by atoms with Crippen LogP contribution in [-0.2, 0) is 13.1 Å². The number of hydrogen-bond donors (Lipinski definition) is 1. The Morgan fingerprint density at radius 1 is 1.00 bits per heavy atom. The number of hydrogen-bond acceptors (Lipinski definition) is 2. The minimum Gasteiger partial charge on any atom is -0.308 e. The highest BCUT2D eigenvalue weighted by Gasteiger charge is 2.04. The summed E-state index contributed by atoms with van der Waals surface area (Å²) in [4.78, 5) is 0.819. The molecule has 0 amide bonds. The van der Waals surface area contributed by atoms with Gasteiger partial charge in [0.05, 0.1) is 0 Å². The van der Waals surface area contributed by atoms with Crippen LogP contribution in [0.5, 0.6) is 0 Å². The van der Waals surface area contributed by atoms with Crippen molar-refractivity contribution in [2.45, 2.75) is 13.1 Å². The fourth-order valence-electron chi connectivity index (χ4n) is 1.45. The molecule has 0 aliphatic heterocycles. The number of benzene rings is 1. The molecule has 17 heavy (non-hydrogen) atoms. The first-order valence-electron chi connectivity index (χ1n) is 5.04. The molecule has 0 saturated carbocycles. The molecule has 0 aliphatic carbocycles. The zero-order valence-corrected chi connectivity index (χ0v) is 9.66. The van der Waals surface area contributed by atoms with Crippen LogP contribution in [0.25, 0.3) is 0 Å². The molecule has 1 heterocycles. The van der Waals surface area contributed by atoms with E-state index < -0.39 is 11.6 Å². The quantitative estimate of drug-likeness (QED) is 0.884. The molecule has 2 aromatic rings. The molecule has 1 nitrogen and oxygen atoms in total. The van der Waals surface area contributed by atoms with Crippen LogP contribution >= 0.6 is 11.3 Å². The summed E-state index contributed by atoms with van der Waals surface area (Å²) in [7, 11) is 0. The van der Waals surface area contributed by atoms with E-state index in [4.69, 9.17) is 0 Å². The van der Waals surface area contributed by atoms with E-state index in [0.29, 0.717) is 6.54 Å². The normalized spacial score (nSPS) is 10.8. The number of nitrogens with one attached hydrogen (secondary N) is 1. The van der Waals surface area contributed by atoms with E-state index in [1.165, 1.54) is 6.07 Å². The van der Waals surface area contributed by atoms with Crippen LogP contribution in [0.15, 0.2) is 30.3 Å². The predicted molar refractivity (Wildman–Crippen MR) is 61.2 cm³/mol. The van der Waals surface area contributed by atoms with E-state index in [9.17, 15) is 13.2 Å². The van der Waals surface area contributed by atoms with E-state index in [1.54, 1.807) is 6.07 Å². The fraction of sp³-hybridized carbons (Fsp3) is 0.167. The molecule has 5 heteroatoms. The third-order valence-corrected chi connectivity index (χ3v) is 3.12. The predicted octanol–water partition coefficient (Wildman–Crippen LogP) is 3.46. The third-order valence-electron chi connectivity index (χ3n) is 2.25. The second kappa shape index (κ2) is 5.33. The van der Waals surface area contributed by atoms with Gasteiger partial charge in [0.15, 0.2) is 5.13 Å². The Morgan fingerprint density at radius 3 is 2.53 bits per heavy atom. The molecule has 0 atom stereocenters. The molecule has 0 fully saturated rings. The lowest BCUT2D eigenvalue weighted by molar-refractivity contribution is 0.569. The molecule has 90 valence electrons. The van der Waals surface area contributed by atoms with Gasteiger partial charge in [0, 0.05) is 23.5 Å². The maximum atomic E-state index is 13.2. The highest BCUT2D eigenvalue weighted by atomic mass is 32.1. The van der Waals surface area contributed by atoms with Gasteiger partial charge in [-0.1, -0.05) is 0 Å². The van der Waals surface area contributed by atoms with Crippen LogP contribution in [0, 0.1) is 16.8 Å². The van der Waals surface area contributed by atoms with Gasteiger partial charge in [-0.05, 0) is 30.3 Å². The number of rotatable bonds is 4.